The van der Waals surface area contributed by atoms with Gasteiger partial charge in [0.2, 0.25) is 6.79 Å². The first-order chi connectivity index (χ1) is 16.9. The maximum atomic E-state index is 12.1. The number of hydrogen-bond acceptors (Lipinski definition) is 8. The lowest BCUT2D eigenvalue weighted by Gasteiger charge is -2.11. The summed E-state index contributed by atoms with van der Waals surface area (Å²) in [6, 6.07) is 15.1. The van der Waals surface area contributed by atoms with Crippen molar-refractivity contribution in [3.8, 4) is 17.2 Å². The molecule has 0 spiro atoms. The zero-order valence-electron chi connectivity index (χ0n) is 18.0. The van der Waals surface area contributed by atoms with E-state index in [-0.39, 0.29) is 31.5 Å². The van der Waals surface area contributed by atoms with E-state index in [1.165, 1.54) is 18.3 Å². The summed E-state index contributed by atoms with van der Waals surface area (Å²) in [5.41, 5.74) is 4.73. The summed E-state index contributed by atoms with van der Waals surface area (Å²) in [4.78, 5) is 22.4. The van der Waals surface area contributed by atoms with Gasteiger partial charge in [0, 0.05) is 23.9 Å². The normalized spacial score (nSPS) is 11.9. The minimum absolute atomic E-state index is 0.0237. The smallest absolute Gasteiger partial charge is 0.269 e. The molecule has 2 N–H and O–H groups in total. The molecule has 1 aliphatic rings. The van der Waals surface area contributed by atoms with Gasteiger partial charge in [0.15, 0.2) is 11.5 Å². The van der Waals surface area contributed by atoms with E-state index >= 15 is 0 Å². The fourth-order valence-electron chi connectivity index (χ4n) is 3.07. The van der Waals surface area contributed by atoms with Gasteiger partial charge < -0.3 is 19.5 Å². The Kier molecular flexibility index (Phi) is 7.83. The van der Waals surface area contributed by atoms with Crippen molar-refractivity contribution in [2.45, 2.75) is 6.61 Å². The van der Waals surface area contributed by atoms with Crippen LogP contribution in [0.5, 0.6) is 17.2 Å². The standard InChI is InChI=1S/C23H18Br2N4O6/c24-18-7-15(8-19(25)23(18)33-12-14-1-4-17(5-2-14)29(31)32)10-27-28-22(30)11-26-16-3-6-20-21(9-16)35-13-34-20/h1-10,26H,11-13H2,(H,28,30)/b27-10-. The topological polar surface area (TPSA) is 124 Å². The number of carbonyl (C=O) groups excluding carboxylic acids is 1. The highest BCUT2D eigenvalue weighted by molar-refractivity contribution is 9.11. The maximum absolute atomic E-state index is 12.1. The Morgan fingerprint density at radius 2 is 1.80 bits per heavy atom. The van der Waals surface area contributed by atoms with Crippen LogP contribution in [0.25, 0.3) is 0 Å². The van der Waals surface area contributed by atoms with E-state index in [2.05, 4.69) is 47.7 Å². The SMILES string of the molecule is O=C(CNc1ccc2c(c1)OCO2)N/N=C\c1cc(Br)c(OCc2ccc([N+](=O)[O-])cc2)c(Br)c1. The summed E-state index contributed by atoms with van der Waals surface area (Å²) in [5, 5.41) is 17.8. The summed E-state index contributed by atoms with van der Waals surface area (Å²) in [6.45, 7) is 0.446. The van der Waals surface area contributed by atoms with E-state index in [0.29, 0.717) is 26.2 Å². The highest BCUT2D eigenvalue weighted by atomic mass is 79.9. The summed E-state index contributed by atoms with van der Waals surface area (Å²) < 4.78 is 17.8. The number of halogens is 2. The number of benzene rings is 3. The molecule has 12 heteroatoms. The van der Waals surface area contributed by atoms with E-state index in [0.717, 1.165) is 16.8 Å². The Bertz CT molecular complexity index is 1260. The number of nitro groups is 1. The number of nitrogens with one attached hydrogen (secondary N) is 2. The zero-order valence-corrected chi connectivity index (χ0v) is 21.2. The van der Waals surface area contributed by atoms with Crippen LogP contribution in [-0.4, -0.2) is 30.4 Å². The van der Waals surface area contributed by atoms with Gasteiger partial charge in [-0.2, -0.15) is 5.10 Å². The highest BCUT2D eigenvalue weighted by Gasteiger charge is 2.13. The molecule has 0 unspecified atom stereocenters. The van der Waals surface area contributed by atoms with Gasteiger partial charge in [0.25, 0.3) is 11.6 Å². The molecule has 1 heterocycles. The molecule has 0 saturated carbocycles. The van der Waals surface area contributed by atoms with E-state index in [1.54, 1.807) is 42.5 Å². The summed E-state index contributed by atoms with van der Waals surface area (Å²) in [6.07, 6.45) is 1.51. The first kappa shape index (κ1) is 24.5. The lowest BCUT2D eigenvalue weighted by molar-refractivity contribution is -0.384. The van der Waals surface area contributed by atoms with Crippen LogP contribution in [-0.2, 0) is 11.4 Å². The first-order valence-corrected chi connectivity index (χ1v) is 11.8. The van der Waals surface area contributed by atoms with Crippen molar-refractivity contribution in [3.63, 3.8) is 0 Å². The summed E-state index contributed by atoms with van der Waals surface area (Å²) in [7, 11) is 0. The predicted octanol–water partition coefficient (Wildman–Crippen LogP) is 4.99. The van der Waals surface area contributed by atoms with Crippen LogP contribution in [0, 0.1) is 10.1 Å². The average molecular weight is 606 g/mol. The third-order valence-corrected chi connectivity index (χ3v) is 5.96. The van der Waals surface area contributed by atoms with Crippen LogP contribution in [0.3, 0.4) is 0 Å². The minimum Gasteiger partial charge on any atom is -0.487 e. The lowest BCUT2D eigenvalue weighted by Crippen LogP contribution is -2.25. The van der Waals surface area contributed by atoms with Crippen LogP contribution < -0.4 is 25.0 Å². The average Bonchev–Trinajstić information content (AvgIpc) is 3.30. The maximum Gasteiger partial charge on any atom is 0.269 e. The Morgan fingerprint density at radius 3 is 2.51 bits per heavy atom. The Balaban J connectivity index is 1.28. The molecule has 0 aromatic heterocycles. The molecule has 1 aliphatic heterocycles. The number of amides is 1. The number of rotatable bonds is 9. The van der Waals surface area contributed by atoms with Gasteiger partial charge in [-0.15, -0.1) is 0 Å². The highest BCUT2D eigenvalue weighted by Crippen LogP contribution is 2.35. The Labute approximate surface area is 216 Å². The van der Waals surface area contributed by atoms with Crippen LogP contribution in [0.15, 0.2) is 68.6 Å². The number of non-ortho nitro benzene ring substituents is 1. The molecule has 180 valence electrons. The van der Waals surface area contributed by atoms with Crippen molar-refractivity contribution in [1.82, 2.24) is 5.43 Å². The van der Waals surface area contributed by atoms with Gasteiger partial charge >= 0.3 is 0 Å². The molecule has 0 atom stereocenters. The van der Waals surface area contributed by atoms with Gasteiger partial charge in [0.1, 0.15) is 12.4 Å². The number of hydrazone groups is 1. The zero-order chi connectivity index (χ0) is 24.8. The largest absolute Gasteiger partial charge is 0.487 e. The monoisotopic (exact) mass is 604 g/mol. The fraction of sp³-hybridized carbons (Fsp3) is 0.130. The third-order valence-electron chi connectivity index (χ3n) is 4.78. The van der Waals surface area contributed by atoms with Crippen molar-refractivity contribution < 1.29 is 23.9 Å². The van der Waals surface area contributed by atoms with Crippen LogP contribution >= 0.6 is 31.9 Å². The second kappa shape index (κ2) is 11.2. The molecular weight excluding hydrogens is 588 g/mol. The number of ether oxygens (including phenoxy) is 3. The number of anilines is 1. The Morgan fingerprint density at radius 1 is 1.09 bits per heavy atom. The van der Waals surface area contributed by atoms with Gasteiger partial charge in [0.05, 0.1) is 26.6 Å². The van der Waals surface area contributed by atoms with E-state index in [9.17, 15) is 14.9 Å². The molecule has 0 aliphatic carbocycles. The molecule has 0 radical (unpaired) electrons. The summed E-state index contributed by atoms with van der Waals surface area (Å²) in [5.74, 6) is 1.55. The van der Waals surface area contributed by atoms with Gasteiger partial charge in [-0.1, -0.05) is 0 Å². The van der Waals surface area contributed by atoms with Crippen molar-refractivity contribution >= 4 is 55.4 Å². The van der Waals surface area contributed by atoms with Crippen LogP contribution in [0.1, 0.15) is 11.1 Å². The molecular formula is C23H18Br2N4O6. The third kappa shape index (κ3) is 6.49. The number of hydrogen-bond donors (Lipinski definition) is 2. The van der Waals surface area contributed by atoms with Gasteiger partial charge in [-0.05, 0) is 79.4 Å². The molecule has 3 aromatic carbocycles. The summed E-state index contributed by atoms with van der Waals surface area (Å²) >= 11 is 6.95. The van der Waals surface area contributed by atoms with Crippen LogP contribution in [0.4, 0.5) is 11.4 Å². The first-order valence-electron chi connectivity index (χ1n) is 10.2. The molecule has 1 amide bonds. The van der Waals surface area contributed by atoms with Crippen molar-refractivity contribution in [3.05, 3.63) is 84.8 Å². The van der Waals surface area contributed by atoms with E-state index in [1.807, 2.05) is 0 Å². The van der Waals surface area contributed by atoms with Crippen LogP contribution in [0.2, 0.25) is 0 Å². The number of nitro benzene ring substituents is 1. The number of carbonyl (C=O) groups is 1. The molecule has 10 nitrogen and oxygen atoms in total. The second-order valence-corrected chi connectivity index (χ2v) is 8.95. The second-order valence-electron chi connectivity index (χ2n) is 7.24. The van der Waals surface area contributed by atoms with Crippen molar-refractivity contribution in [2.75, 3.05) is 18.7 Å². The van der Waals surface area contributed by atoms with Gasteiger partial charge in [-0.3, -0.25) is 14.9 Å². The minimum atomic E-state index is -0.448. The predicted molar refractivity (Wildman–Crippen MR) is 136 cm³/mol. The lowest BCUT2D eigenvalue weighted by atomic mass is 10.2. The van der Waals surface area contributed by atoms with Crippen molar-refractivity contribution in [1.29, 1.82) is 0 Å². The Hall–Kier alpha value is -3.64. The molecule has 4 rings (SSSR count). The van der Waals surface area contributed by atoms with Crippen molar-refractivity contribution in [2.24, 2.45) is 5.10 Å². The molecule has 0 bridgehead atoms. The van der Waals surface area contributed by atoms with E-state index in [4.69, 9.17) is 14.2 Å². The molecule has 0 fully saturated rings. The van der Waals surface area contributed by atoms with Gasteiger partial charge in [-0.25, -0.2) is 5.43 Å². The quantitative estimate of drug-likeness (QED) is 0.200. The fourth-order valence-corrected chi connectivity index (χ4v) is 4.52. The molecule has 0 saturated heterocycles. The molecule has 3 aromatic rings. The number of nitrogens with zero attached hydrogens (tertiary/aromatic N) is 2. The van der Waals surface area contributed by atoms with E-state index < -0.39 is 4.92 Å². The number of fused-ring (bicyclic) bond motifs is 1. The molecule has 35 heavy (non-hydrogen) atoms.